The number of nitrogens with two attached hydrogens (primary N) is 1. The molecule has 2 aromatic carbocycles. The van der Waals surface area contributed by atoms with Crippen LogP contribution in [0.1, 0.15) is 42.9 Å². The van der Waals surface area contributed by atoms with E-state index in [0.29, 0.717) is 37.6 Å². The van der Waals surface area contributed by atoms with Crippen LogP contribution in [0.5, 0.6) is 6.01 Å². The maximum atomic E-state index is 14.9. The maximum absolute atomic E-state index is 14.9. The lowest BCUT2D eigenvalue weighted by atomic mass is 9.93. The third-order valence-corrected chi connectivity index (χ3v) is 7.86. The lowest BCUT2D eigenvalue weighted by Gasteiger charge is -2.34. The molecule has 0 aliphatic carbocycles. The monoisotopic (exact) mass is 559 g/mol. The Balaban J connectivity index is 1.22. The van der Waals surface area contributed by atoms with Crippen molar-refractivity contribution in [2.45, 2.75) is 50.6 Å². The van der Waals surface area contributed by atoms with E-state index in [4.69, 9.17) is 15.2 Å². The standard InChI is InChI=1S/C32H38FN5O3/c1-40-15-5-14-38-29(17-24-6-3-8-28(33)31(24)38)25-7-4-13-37(21-25)30(39)18-27(34)16-22-9-11-23(12-10-22)26-19-35-32(41-2)36-20-26/h3,6,8-12,17,19-20,25,27H,4-5,7,13-16,18,21,34H2,1-2H3/t25?,27-/m1/s1. The SMILES string of the molecule is COCCCn1c(C2CCCN(C(=O)C[C@H](N)Cc3ccc(-c4cnc(OC)nc4)cc3)C2)cc2cccc(F)c21. The molecule has 2 N–H and O–H groups in total. The number of halogens is 1. The van der Waals surface area contributed by atoms with Crippen molar-refractivity contribution in [1.29, 1.82) is 0 Å². The Morgan fingerprint density at radius 1 is 1.12 bits per heavy atom. The van der Waals surface area contributed by atoms with E-state index in [1.807, 2.05) is 35.2 Å². The number of amides is 1. The highest BCUT2D eigenvalue weighted by atomic mass is 19.1. The van der Waals surface area contributed by atoms with Crippen molar-refractivity contribution in [3.63, 3.8) is 0 Å². The zero-order valence-electron chi connectivity index (χ0n) is 23.8. The third-order valence-electron chi connectivity index (χ3n) is 7.86. The minimum Gasteiger partial charge on any atom is -0.467 e. The number of rotatable bonds is 11. The normalized spacial score (nSPS) is 16.2. The summed E-state index contributed by atoms with van der Waals surface area (Å²) in [5.41, 5.74) is 11.2. The number of hydrogen-bond donors (Lipinski definition) is 1. The van der Waals surface area contributed by atoms with Crippen LogP contribution in [-0.2, 0) is 22.5 Å². The van der Waals surface area contributed by atoms with Crippen LogP contribution in [0.2, 0.25) is 0 Å². The first-order valence-electron chi connectivity index (χ1n) is 14.2. The van der Waals surface area contributed by atoms with Crippen molar-refractivity contribution in [3.8, 4) is 17.1 Å². The van der Waals surface area contributed by atoms with Crippen LogP contribution in [0.15, 0.2) is 60.9 Å². The predicted molar refractivity (Wildman–Crippen MR) is 157 cm³/mol. The molecule has 2 aromatic heterocycles. The molecule has 9 heteroatoms. The number of para-hydroxylation sites is 1. The van der Waals surface area contributed by atoms with Crippen molar-refractivity contribution in [2.75, 3.05) is 33.9 Å². The molecule has 0 saturated carbocycles. The summed E-state index contributed by atoms with van der Waals surface area (Å²) >= 11 is 0. The van der Waals surface area contributed by atoms with Gasteiger partial charge in [0.25, 0.3) is 0 Å². The Bertz CT molecular complexity index is 1450. The summed E-state index contributed by atoms with van der Waals surface area (Å²) < 4.78 is 27.2. The topological polar surface area (TPSA) is 95.5 Å². The van der Waals surface area contributed by atoms with Crippen molar-refractivity contribution in [2.24, 2.45) is 5.73 Å². The summed E-state index contributed by atoms with van der Waals surface area (Å²) in [5.74, 6) is 0.00132. The van der Waals surface area contributed by atoms with Crippen LogP contribution in [0.25, 0.3) is 22.0 Å². The molecule has 8 nitrogen and oxygen atoms in total. The number of carbonyl (C=O) groups excluding carboxylic acids is 1. The van der Waals surface area contributed by atoms with Gasteiger partial charge in [0.1, 0.15) is 5.82 Å². The lowest BCUT2D eigenvalue weighted by molar-refractivity contribution is -0.132. The summed E-state index contributed by atoms with van der Waals surface area (Å²) in [6, 6.07) is 15.4. The Morgan fingerprint density at radius 3 is 2.63 bits per heavy atom. The van der Waals surface area contributed by atoms with Gasteiger partial charge in [-0.1, -0.05) is 36.4 Å². The zero-order chi connectivity index (χ0) is 28.8. The van der Waals surface area contributed by atoms with Gasteiger partial charge in [0.05, 0.1) is 12.6 Å². The molecule has 1 fully saturated rings. The van der Waals surface area contributed by atoms with Gasteiger partial charge in [-0.15, -0.1) is 0 Å². The van der Waals surface area contributed by atoms with Crippen LogP contribution in [0.4, 0.5) is 4.39 Å². The Labute approximate surface area is 240 Å². The van der Waals surface area contributed by atoms with Crippen molar-refractivity contribution in [1.82, 2.24) is 19.4 Å². The van der Waals surface area contributed by atoms with E-state index in [1.54, 1.807) is 25.6 Å². The highest BCUT2D eigenvalue weighted by Gasteiger charge is 2.28. The highest BCUT2D eigenvalue weighted by Crippen LogP contribution is 2.33. The Hall–Kier alpha value is -3.82. The average Bonchev–Trinajstić information content (AvgIpc) is 3.37. The number of ether oxygens (including phenoxy) is 2. The van der Waals surface area contributed by atoms with Gasteiger partial charge in [-0.25, -0.2) is 14.4 Å². The number of hydrogen-bond acceptors (Lipinski definition) is 6. The number of benzene rings is 2. The number of piperidine rings is 1. The van der Waals surface area contributed by atoms with Crippen LogP contribution < -0.4 is 10.5 Å². The largest absolute Gasteiger partial charge is 0.467 e. The number of methoxy groups -OCH3 is 2. The molecule has 1 aliphatic heterocycles. The molecule has 3 heterocycles. The molecule has 1 amide bonds. The number of carbonyl (C=O) groups is 1. The number of aryl methyl sites for hydroxylation is 1. The van der Waals surface area contributed by atoms with Crippen LogP contribution in [0.3, 0.4) is 0 Å². The first-order chi connectivity index (χ1) is 20.0. The fourth-order valence-electron chi connectivity index (χ4n) is 5.82. The number of likely N-dealkylation sites (tertiary alicyclic amines) is 1. The maximum Gasteiger partial charge on any atom is 0.316 e. The second-order valence-corrected chi connectivity index (χ2v) is 10.7. The molecule has 1 unspecified atom stereocenters. The second-order valence-electron chi connectivity index (χ2n) is 10.7. The smallest absolute Gasteiger partial charge is 0.316 e. The van der Waals surface area contributed by atoms with E-state index in [2.05, 4.69) is 20.6 Å². The van der Waals surface area contributed by atoms with Crippen LogP contribution in [-0.4, -0.2) is 65.3 Å². The number of fused-ring (bicyclic) bond motifs is 1. The molecule has 0 bridgehead atoms. The van der Waals surface area contributed by atoms with Gasteiger partial charge in [-0.05, 0) is 48.9 Å². The predicted octanol–water partition coefficient (Wildman–Crippen LogP) is 4.95. The summed E-state index contributed by atoms with van der Waals surface area (Å²) in [6.45, 7) is 2.62. The lowest BCUT2D eigenvalue weighted by Crippen LogP contribution is -2.42. The molecular formula is C32H38FN5O3. The van der Waals surface area contributed by atoms with E-state index in [-0.39, 0.29) is 30.1 Å². The minimum absolute atomic E-state index is 0.0717. The van der Waals surface area contributed by atoms with Gasteiger partial charge in [-0.3, -0.25) is 4.79 Å². The van der Waals surface area contributed by atoms with Crippen LogP contribution in [0, 0.1) is 5.82 Å². The fraction of sp³-hybridized carbons (Fsp3) is 0.406. The van der Waals surface area contributed by atoms with Gasteiger partial charge in [0.15, 0.2) is 0 Å². The first kappa shape index (κ1) is 28.7. The van der Waals surface area contributed by atoms with Gasteiger partial charge in [-0.2, -0.15) is 0 Å². The molecular weight excluding hydrogens is 521 g/mol. The van der Waals surface area contributed by atoms with Crippen LogP contribution >= 0.6 is 0 Å². The van der Waals surface area contributed by atoms with E-state index in [1.165, 1.54) is 13.2 Å². The molecule has 2 atom stereocenters. The summed E-state index contributed by atoms with van der Waals surface area (Å²) in [5, 5.41) is 0.897. The first-order valence-corrected chi connectivity index (χ1v) is 14.2. The van der Waals surface area contributed by atoms with Gasteiger partial charge in [0, 0.05) is 80.8 Å². The zero-order valence-corrected chi connectivity index (χ0v) is 23.8. The summed E-state index contributed by atoms with van der Waals surface area (Å²) in [6.07, 6.45) is 7.01. The van der Waals surface area contributed by atoms with Crippen molar-refractivity contribution in [3.05, 3.63) is 78.0 Å². The minimum atomic E-state index is -0.285. The molecule has 0 radical (unpaired) electrons. The fourth-order valence-corrected chi connectivity index (χ4v) is 5.82. The Kier molecular flexibility index (Phi) is 9.26. The number of nitrogens with zero attached hydrogens (tertiary/aromatic N) is 4. The molecule has 0 spiro atoms. The molecule has 4 aromatic rings. The molecule has 5 rings (SSSR count). The van der Waals surface area contributed by atoms with Gasteiger partial charge in [0.2, 0.25) is 5.91 Å². The van der Waals surface area contributed by atoms with E-state index < -0.39 is 0 Å². The molecule has 41 heavy (non-hydrogen) atoms. The van der Waals surface area contributed by atoms with E-state index in [9.17, 15) is 9.18 Å². The summed E-state index contributed by atoms with van der Waals surface area (Å²) in [4.78, 5) is 23.6. The highest BCUT2D eigenvalue weighted by molar-refractivity contribution is 5.82. The quantitative estimate of drug-likeness (QED) is 0.261. The van der Waals surface area contributed by atoms with E-state index in [0.717, 1.165) is 53.6 Å². The molecule has 216 valence electrons. The van der Waals surface area contributed by atoms with E-state index >= 15 is 0 Å². The van der Waals surface area contributed by atoms with Crippen molar-refractivity contribution < 1.29 is 18.7 Å². The summed E-state index contributed by atoms with van der Waals surface area (Å²) in [7, 11) is 3.22. The molecule has 1 saturated heterocycles. The van der Waals surface area contributed by atoms with Gasteiger partial charge < -0.3 is 24.7 Å². The molecule has 1 aliphatic rings. The van der Waals surface area contributed by atoms with Gasteiger partial charge >= 0.3 is 6.01 Å². The second kappa shape index (κ2) is 13.2. The Morgan fingerprint density at radius 2 is 1.90 bits per heavy atom. The average molecular weight is 560 g/mol. The third kappa shape index (κ3) is 6.74. The number of aromatic nitrogens is 3. The van der Waals surface area contributed by atoms with Crippen molar-refractivity contribution >= 4 is 16.8 Å².